The lowest BCUT2D eigenvalue weighted by atomic mass is 10.2. The van der Waals surface area contributed by atoms with Gasteiger partial charge in [-0.1, -0.05) is 30.3 Å². The molecule has 0 heterocycles. The number of hydrogen-bond acceptors (Lipinski definition) is 3. The summed E-state index contributed by atoms with van der Waals surface area (Å²) in [6.45, 7) is 3.15. The number of carbonyl (C=O) groups excluding carboxylic acids is 2. The zero-order chi connectivity index (χ0) is 17.5. The van der Waals surface area contributed by atoms with E-state index < -0.39 is 11.9 Å². The Balaban J connectivity index is 2.05. The van der Waals surface area contributed by atoms with Crippen LogP contribution in [0, 0.1) is 5.82 Å². The summed E-state index contributed by atoms with van der Waals surface area (Å²) in [7, 11) is 0. The minimum Gasteiger partial charge on any atom is -0.454 e. The van der Waals surface area contributed by atoms with Crippen molar-refractivity contribution in [3.8, 4) is 11.5 Å². The standard InChI is InChI=1S/C18H19FN2O3/c1-12(21-13(2)22)18(23)20-11-14-7-3-5-9-16(14)24-17-10-6-4-8-15(17)19/h3-10,12H,11H2,1-2H3,(H,20,23)(H,21,22)/t12-/m1/s1. The zero-order valence-electron chi connectivity index (χ0n) is 13.5. The number of hydrogen-bond donors (Lipinski definition) is 2. The first kappa shape index (κ1) is 17.5. The minimum atomic E-state index is -0.637. The molecule has 0 unspecified atom stereocenters. The van der Waals surface area contributed by atoms with E-state index in [-0.39, 0.29) is 24.1 Å². The van der Waals surface area contributed by atoms with Crippen LogP contribution in [0.4, 0.5) is 4.39 Å². The van der Waals surface area contributed by atoms with Crippen molar-refractivity contribution in [1.82, 2.24) is 10.6 Å². The van der Waals surface area contributed by atoms with E-state index in [0.29, 0.717) is 11.3 Å². The second-order valence-corrected chi connectivity index (χ2v) is 5.28. The van der Waals surface area contributed by atoms with E-state index in [1.807, 2.05) is 0 Å². The molecule has 2 aromatic carbocycles. The third-order valence-corrected chi connectivity index (χ3v) is 3.30. The minimum absolute atomic E-state index is 0.114. The lowest BCUT2D eigenvalue weighted by Gasteiger charge is -2.15. The van der Waals surface area contributed by atoms with Gasteiger partial charge in [-0.15, -0.1) is 0 Å². The molecule has 0 aliphatic carbocycles. The molecule has 0 saturated carbocycles. The second kappa shape index (κ2) is 8.10. The molecule has 5 nitrogen and oxygen atoms in total. The first-order valence-corrected chi connectivity index (χ1v) is 7.52. The summed E-state index contributed by atoms with van der Waals surface area (Å²) in [5.74, 6) is -0.486. The summed E-state index contributed by atoms with van der Waals surface area (Å²) < 4.78 is 19.3. The number of benzene rings is 2. The summed E-state index contributed by atoms with van der Waals surface area (Å²) in [6.07, 6.45) is 0. The molecule has 0 aromatic heterocycles. The van der Waals surface area contributed by atoms with Gasteiger partial charge in [0.05, 0.1) is 0 Å². The van der Waals surface area contributed by atoms with Gasteiger partial charge in [-0.05, 0) is 25.1 Å². The molecule has 0 aliphatic rings. The van der Waals surface area contributed by atoms with Crippen LogP contribution in [0.3, 0.4) is 0 Å². The van der Waals surface area contributed by atoms with Crippen molar-refractivity contribution in [2.75, 3.05) is 0 Å². The molecule has 2 aromatic rings. The molecule has 2 N–H and O–H groups in total. The molecule has 126 valence electrons. The van der Waals surface area contributed by atoms with Gasteiger partial charge >= 0.3 is 0 Å². The highest BCUT2D eigenvalue weighted by Crippen LogP contribution is 2.27. The normalized spacial score (nSPS) is 11.5. The van der Waals surface area contributed by atoms with E-state index in [0.717, 1.165) is 0 Å². The Hall–Kier alpha value is -2.89. The Morgan fingerprint density at radius 2 is 1.71 bits per heavy atom. The van der Waals surface area contributed by atoms with Crippen LogP contribution in [-0.4, -0.2) is 17.9 Å². The maximum atomic E-state index is 13.7. The summed E-state index contributed by atoms with van der Waals surface area (Å²) in [5, 5.41) is 5.23. The number of carbonyl (C=O) groups is 2. The molecule has 2 rings (SSSR count). The number of ether oxygens (including phenoxy) is 1. The average molecular weight is 330 g/mol. The van der Waals surface area contributed by atoms with Gasteiger partial charge in [0, 0.05) is 19.0 Å². The van der Waals surface area contributed by atoms with Gasteiger partial charge in [0.1, 0.15) is 11.8 Å². The van der Waals surface area contributed by atoms with Crippen LogP contribution in [0.5, 0.6) is 11.5 Å². The van der Waals surface area contributed by atoms with Gasteiger partial charge in [0.2, 0.25) is 11.8 Å². The van der Waals surface area contributed by atoms with Gasteiger partial charge in [0.15, 0.2) is 11.6 Å². The number of halogens is 1. The largest absolute Gasteiger partial charge is 0.454 e. The van der Waals surface area contributed by atoms with E-state index >= 15 is 0 Å². The van der Waals surface area contributed by atoms with E-state index in [4.69, 9.17) is 4.74 Å². The zero-order valence-corrected chi connectivity index (χ0v) is 13.5. The summed E-state index contributed by atoms with van der Waals surface area (Å²) in [6, 6.07) is 12.5. The van der Waals surface area contributed by atoms with Crippen LogP contribution in [0.2, 0.25) is 0 Å². The van der Waals surface area contributed by atoms with Crippen molar-refractivity contribution in [3.05, 3.63) is 59.9 Å². The third kappa shape index (κ3) is 4.81. The van der Waals surface area contributed by atoms with Crippen molar-refractivity contribution < 1.29 is 18.7 Å². The molecule has 1 atom stereocenters. The van der Waals surface area contributed by atoms with Gasteiger partial charge in [-0.25, -0.2) is 4.39 Å². The monoisotopic (exact) mass is 330 g/mol. The maximum Gasteiger partial charge on any atom is 0.242 e. The summed E-state index contributed by atoms with van der Waals surface area (Å²) in [4.78, 5) is 22.9. The van der Waals surface area contributed by atoms with Crippen LogP contribution >= 0.6 is 0 Å². The Bertz CT molecular complexity index is 734. The highest BCUT2D eigenvalue weighted by Gasteiger charge is 2.14. The number of nitrogens with one attached hydrogen (secondary N) is 2. The lowest BCUT2D eigenvalue weighted by molar-refractivity contribution is -0.127. The van der Waals surface area contributed by atoms with Crippen molar-refractivity contribution >= 4 is 11.8 Å². The van der Waals surface area contributed by atoms with Crippen molar-refractivity contribution in [2.24, 2.45) is 0 Å². The Labute approximate surface area is 139 Å². The second-order valence-electron chi connectivity index (χ2n) is 5.28. The SMILES string of the molecule is CC(=O)N[C@H](C)C(=O)NCc1ccccc1Oc1ccccc1F. The van der Waals surface area contributed by atoms with Gasteiger partial charge in [-0.3, -0.25) is 9.59 Å². The first-order valence-electron chi connectivity index (χ1n) is 7.52. The fraction of sp³-hybridized carbons (Fsp3) is 0.222. The molecular formula is C18H19FN2O3. The average Bonchev–Trinajstić information content (AvgIpc) is 2.55. The van der Waals surface area contributed by atoms with Crippen LogP contribution in [-0.2, 0) is 16.1 Å². The van der Waals surface area contributed by atoms with Crippen molar-refractivity contribution in [2.45, 2.75) is 26.4 Å². The van der Waals surface area contributed by atoms with Gasteiger partial charge in [0.25, 0.3) is 0 Å². The number of amides is 2. The van der Waals surface area contributed by atoms with Gasteiger partial charge < -0.3 is 15.4 Å². The lowest BCUT2D eigenvalue weighted by Crippen LogP contribution is -2.43. The molecule has 0 aliphatic heterocycles. The first-order chi connectivity index (χ1) is 11.5. The number of rotatable bonds is 6. The molecule has 0 bridgehead atoms. The van der Waals surface area contributed by atoms with Crippen molar-refractivity contribution in [3.63, 3.8) is 0 Å². The Morgan fingerprint density at radius 3 is 2.38 bits per heavy atom. The smallest absolute Gasteiger partial charge is 0.242 e. The van der Waals surface area contributed by atoms with E-state index in [2.05, 4.69) is 10.6 Å². The number of para-hydroxylation sites is 2. The van der Waals surface area contributed by atoms with Crippen molar-refractivity contribution in [1.29, 1.82) is 0 Å². The van der Waals surface area contributed by atoms with E-state index in [1.54, 1.807) is 43.3 Å². The van der Waals surface area contributed by atoms with Gasteiger partial charge in [-0.2, -0.15) is 0 Å². The highest BCUT2D eigenvalue weighted by molar-refractivity contribution is 5.86. The maximum absolute atomic E-state index is 13.7. The Kier molecular flexibility index (Phi) is 5.89. The van der Waals surface area contributed by atoms with E-state index in [9.17, 15) is 14.0 Å². The van der Waals surface area contributed by atoms with Crippen LogP contribution in [0.1, 0.15) is 19.4 Å². The molecule has 24 heavy (non-hydrogen) atoms. The topological polar surface area (TPSA) is 67.4 Å². The van der Waals surface area contributed by atoms with Crippen LogP contribution in [0.15, 0.2) is 48.5 Å². The molecular weight excluding hydrogens is 311 g/mol. The fourth-order valence-corrected chi connectivity index (χ4v) is 2.10. The van der Waals surface area contributed by atoms with Crippen LogP contribution < -0.4 is 15.4 Å². The Morgan fingerprint density at radius 1 is 1.08 bits per heavy atom. The van der Waals surface area contributed by atoms with Crippen LogP contribution in [0.25, 0.3) is 0 Å². The molecule has 2 amide bonds. The summed E-state index contributed by atoms with van der Waals surface area (Å²) in [5.41, 5.74) is 0.698. The quantitative estimate of drug-likeness (QED) is 0.856. The predicted octanol–water partition coefficient (Wildman–Crippen LogP) is 2.76. The molecule has 0 saturated heterocycles. The molecule has 6 heteroatoms. The molecule has 0 radical (unpaired) electrons. The molecule has 0 fully saturated rings. The fourth-order valence-electron chi connectivity index (χ4n) is 2.10. The highest BCUT2D eigenvalue weighted by atomic mass is 19.1. The third-order valence-electron chi connectivity index (χ3n) is 3.30. The van der Waals surface area contributed by atoms with E-state index in [1.165, 1.54) is 19.1 Å². The summed E-state index contributed by atoms with van der Waals surface area (Å²) >= 11 is 0. The molecule has 0 spiro atoms. The predicted molar refractivity (Wildman–Crippen MR) is 88.0 cm³/mol.